The van der Waals surface area contributed by atoms with Crippen molar-refractivity contribution in [2.45, 2.75) is 0 Å². The van der Waals surface area contributed by atoms with Gasteiger partial charge in [-0.3, -0.25) is 0 Å². The number of carboxylic acid groups (broad SMARTS) is 2. The summed E-state index contributed by atoms with van der Waals surface area (Å²) in [5, 5.41) is 16.8. The summed E-state index contributed by atoms with van der Waals surface area (Å²) in [6, 6.07) is 16.6. The van der Waals surface area contributed by atoms with Crippen LogP contribution in [-0.2, 0) is 19.5 Å². The topological polar surface area (TPSA) is 74.6 Å². The Balaban J connectivity index is 0.000000324. The second-order valence-electron chi connectivity index (χ2n) is 3.34. The first-order valence-electron chi connectivity index (χ1n) is 5.18. The summed E-state index contributed by atoms with van der Waals surface area (Å²) in [6.45, 7) is 0. The van der Waals surface area contributed by atoms with Gasteiger partial charge in [0.1, 0.15) is 0 Å². The van der Waals surface area contributed by atoms with E-state index >= 15 is 0 Å². The maximum atomic E-state index is 10.2. The van der Waals surface area contributed by atoms with Gasteiger partial charge in [0.05, 0.1) is 11.1 Å². The minimum atomic E-state index is -0.879. The van der Waals surface area contributed by atoms with E-state index in [0.29, 0.717) is 11.1 Å². The zero-order chi connectivity index (χ0) is 13.4. The van der Waals surface area contributed by atoms with Gasteiger partial charge in [0.15, 0.2) is 0 Å². The molecule has 0 saturated heterocycles. The van der Waals surface area contributed by atoms with Gasteiger partial charge >= 0.3 is 11.9 Å². The first kappa shape index (κ1) is 17.0. The van der Waals surface area contributed by atoms with E-state index in [1.807, 2.05) is 0 Å². The Labute approximate surface area is 123 Å². The van der Waals surface area contributed by atoms with Crippen molar-refractivity contribution in [3.63, 3.8) is 0 Å². The average molecular weight is 347 g/mol. The van der Waals surface area contributed by atoms with Gasteiger partial charge in [-0.05, 0) is 24.3 Å². The van der Waals surface area contributed by atoms with Crippen molar-refractivity contribution < 1.29 is 39.3 Å². The smallest absolute Gasteiger partial charge is 0.335 e. The molecule has 19 heavy (non-hydrogen) atoms. The van der Waals surface area contributed by atoms with E-state index in [1.54, 1.807) is 60.7 Å². The Kier molecular flexibility index (Phi) is 8.06. The maximum absolute atomic E-state index is 10.2. The predicted octanol–water partition coefficient (Wildman–Crippen LogP) is 2.77. The SMILES string of the molecule is O=C(O)c1ccccc1.O=C(O)c1ccccc1.[Rh]. The van der Waals surface area contributed by atoms with E-state index in [-0.39, 0.29) is 19.5 Å². The normalized spacial score (nSPS) is 8.42. The fraction of sp³-hybridized carbons (Fsp3) is 0. The van der Waals surface area contributed by atoms with Gasteiger partial charge in [0, 0.05) is 19.5 Å². The average Bonchev–Trinajstić information content (AvgIpc) is 2.41. The molecule has 0 heterocycles. The van der Waals surface area contributed by atoms with Gasteiger partial charge in [0.25, 0.3) is 0 Å². The molecule has 5 heteroatoms. The van der Waals surface area contributed by atoms with E-state index < -0.39 is 11.9 Å². The van der Waals surface area contributed by atoms with Crippen molar-refractivity contribution in [3.05, 3.63) is 71.8 Å². The van der Waals surface area contributed by atoms with Crippen molar-refractivity contribution in [3.8, 4) is 0 Å². The Bertz CT molecular complexity index is 462. The Hall–Kier alpha value is -2.00. The molecule has 1 radical (unpaired) electrons. The van der Waals surface area contributed by atoms with Crippen LogP contribution in [0.15, 0.2) is 60.7 Å². The molecule has 2 aromatic carbocycles. The molecule has 0 aliphatic carbocycles. The Morgan fingerprint density at radius 2 is 0.895 bits per heavy atom. The molecule has 0 spiro atoms. The fourth-order valence-electron chi connectivity index (χ4n) is 1.16. The maximum Gasteiger partial charge on any atom is 0.335 e. The molecular formula is C14H12O4Rh. The minimum absolute atomic E-state index is 0. The number of hydrogen-bond donors (Lipinski definition) is 2. The molecule has 0 aromatic heterocycles. The summed E-state index contributed by atoms with van der Waals surface area (Å²) in [4.78, 5) is 20.4. The monoisotopic (exact) mass is 347 g/mol. The summed E-state index contributed by atoms with van der Waals surface area (Å²) in [5.74, 6) is -1.76. The first-order valence-corrected chi connectivity index (χ1v) is 5.18. The zero-order valence-corrected chi connectivity index (χ0v) is 11.5. The fourth-order valence-corrected chi connectivity index (χ4v) is 1.16. The van der Waals surface area contributed by atoms with Gasteiger partial charge in [-0.15, -0.1) is 0 Å². The minimum Gasteiger partial charge on any atom is -0.478 e. The van der Waals surface area contributed by atoms with Crippen molar-refractivity contribution in [1.82, 2.24) is 0 Å². The van der Waals surface area contributed by atoms with E-state index in [2.05, 4.69) is 0 Å². The molecule has 2 aromatic rings. The van der Waals surface area contributed by atoms with Gasteiger partial charge in [-0.25, -0.2) is 9.59 Å². The third kappa shape index (κ3) is 6.48. The molecule has 101 valence electrons. The third-order valence-electron chi connectivity index (χ3n) is 2.04. The summed E-state index contributed by atoms with van der Waals surface area (Å²) < 4.78 is 0. The molecular weight excluding hydrogens is 335 g/mol. The number of rotatable bonds is 2. The molecule has 0 fully saturated rings. The molecule has 0 saturated carbocycles. The molecule has 0 amide bonds. The number of carbonyl (C=O) groups is 2. The van der Waals surface area contributed by atoms with Gasteiger partial charge in [0.2, 0.25) is 0 Å². The van der Waals surface area contributed by atoms with Crippen LogP contribution in [0.2, 0.25) is 0 Å². The van der Waals surface area contributed by atoms with Crippen LogP contribution >= 0.6 is 0 Å². The molecule has 2 rings (SSSR count). The Morgan fingerprint density at radius 3 is 1.05 bits per heavy atom. The van der Waals surface area contributed by atoms with Crippen molar-refractivity contribution >= 4 is 11.9 Å². The van der Waals surface area contributed by atoms with Crippen LogP contribution in [0.4, 0.5) is 0 Å². The predicted molar refractivity (Wildman–Crippen MR) is 66.8 cm³/mol. The van der Waals surface area contributed by atoms with Crippen LogP contribution in [0.3, 0.4) is 0 Å². The van der Waals surface area contributed by atoms with E-state index in [4.69, 9.17) is 10.2 Å². The summed E-state index contributed by atoms with van der Waals surface area (Å²) in [7, 11) is 0. The van der Waals surface area contributed by atoms with Crippen LogP contribution < -0.4 is 0 Å². The van der Waals surface area contributed by atoms with E-state index in [1.165, 1.54) is 0 Å². The second-order valence-corrected chi connectivity index (χ2v) is 3.34. The number of carboxylic acids is 2. The van der Waals surface area contributed by atoms with E-state index in [9.17, 15) is 9.59 Å². The number of benzene rings is 2. The number of aromatic carboxylic acids is 2. The van der Waals surface area contributed by atoms with Crippen LogP contribution in [-0.4, -0.2) is 22.2 Å². The van der Waals surface area contributed by atoms with Crippen LogP contribution in [0.1, 0.15) is 20.7 Å². The van der Waals surface area contributed by atoms with Crippen LogP contribution in [0.5, 0.6) is 0 Å². The molecule has 0 bridgehead atoms. The van der Waals surface area contributed by atoms with E-state index in [0.717, 1.165) is 0 Å². The van der Waals surface area contributed by atoms with Crippen molar-refractivity contribution in [2.75, 3.05) is 0 Å². The van der Waals surface area contributed by atoms with Crippen molar-refractivity contribution in [1.29, 1.82) is 0 Å². The quantitative estimate of drug-likeness (QED) is 0.820. The molecule has 0 aliphatic heterocycles. The van der Waals surface area contributed by atoms with Crippen LogP contribution in [0, 0.1) is 0 Å². The molecule has 2 N–H and O–H groups in total. The summed E-state index contributed by atoms with van der Waals surface area (Å²) >= 11 is 0. The van der Waals surface area contributed by atoms with Gasteiger partial charge in [-0.2, -0.15) is 0 Å². The van der Waals surface area contributed by atoms with Gasteiger partial charge in [-0.1, -0.05) is 36.4 Å². The Morgan fingerprint density at radius 1 is 0.632 bits per heavy atom. The molecule has 0 unspecified atom stereocenters. The molecule has 4 nitrogen and oxygen atoms in total. The molecule has 0 aliphatic rings. The van der Waals surface area contributed by atoms with Gasteiger partial charge < -0.3 is 10.2 Å². The third-order valence-corrected chi connectivity index (χ3v) is 2.04. The van der Waals surface area contributed by atoms with Crippen LogP contribution in [0.25, 0.3) is 0 Å². The number of hydrogen-bond acceptors (Lipinski definition) is 2. The summed E-state index contributed by atoms with van der Waals surface area (Å²) in [6.07, 6.45) is 0. The standard InChI is InChI=1S/2C7H6O2.Rh/c2*8-7(9)6-4-2-1-3-5-6;/h2*1-5H,(H,8,9);. The molecule has 0 atom stereocenters. The zero-order valence-electron chi connectivity index (χ0n) is 9.82. The van der Waals surface area contributed by atoms with Crippen molar-refractivity contribution in [2.24, 2.45) is 0 Å². The second kappa shape index (κ2) is 9.00. The summed E-state index contributed by atoms with van der Waals surface area (Å²) in [5.41, 5.74) is 0.662. The first-order chi connectivity index (χ1) is 8.61. The largest absolute Gasteiger partial charge is 0.478 e.